The zero-order valence-electron chi connectivity index (χ0n) is 13.2. The smallest absolute Gasteiger partial charge is 0.126 e. The standard InChI is InChI=1S/C18H27FN2/c1-13(2)18-11-20-17(15-7-8-15)12-21(18)10-9-14-5-3-4-6-16(14)19/h3-6,13,15,17-18,20H,7-12H2,1-2H3. The molecule has 21 heavy (non-hydrogen) atoms. The quantitative estimate of drug-likeness (QED) is 0.896. The third-order valence-electron chi connectivity index (χ3n) is 5.08. The minimum atomic E-state index is -0.0625. The summed E-state index contributed by atoms with van der Waals surface area (Å²) < 4.78 is 13.8. The van der Waals surface area contributed by atoms with Crippen LogP contribution in [-0.2, 0) is 6.42 Å². The number of rotatable bonds is 5. The van der Waals surface area contributed by atoms with Crippen LogP contribution in [0.15, 0.2) is 24.3 Å². The average molecular weight is 290 g/mol. The minimum Gasteiger partial charge on any atom is -0.311 e. The van der Waals surface area contributed by atoms with Gasteiger partial charge in [-0.05, 0) is 42.7 Å². The van der Waals surface area contributed by atoms with Gasteiger partial charge in [-0.2, -0.15) is 0 Å². The molecule has 0 spiro atoms. The number of hydrogen-bond acceptors (Lipinski definition) is 2. The van der Waals surface area contributed by atoms with Crippen LogP contribution in [0.3, 0.4) is 0 Å². The summed E-state index contributed by atoms with van der Waals surface area (Å²) in [5.41, 5.74) is 0.849. The monoisotopic (exact) mass is 290 g/mol. The van der Waals surface area contributed by atoms with Gasteiger partial charge in [0.2, 0.25) is 0 Å². The fourth-order valence-corrected chi connectivity index (χ4v) is 3.55. The Morgan fingerprint density at radius 3 is 2.71 bits per heavy atom. The van der Waals surface area contributed by atoms with Gasteiger partial charge in [0.15, 0.2) is 0 Å². The highest BCUT2D eigenvalue weighted by molar-refractivity contribution is 5.17. The van der Waals surface area contributed by atoms with E-state index in [1.807, 2.05) is 12.1 Å². The van der Waals surface area contributed by atoms with E-state index >= 15 is 0 Å². The molecule has 0 amide bonds. The Labute approximate surface area is 127 Å². The van der Waals surface area contributed by atoms with Crippen LogP contribution in [0.5, 0.6) is 0 Å². The molecule has 0 radical (unpaired) electrons. The molecule has 0 bridgehead atoms. The van der Waals surface area contributed by atoms with Crippen LogP contribution in [0, 0.1) is 17.7 Å². The third-order valence-corrected chi connectivity index (χ3v) is 5.08. The molecule has 3 heteroatoms. The van der Waals surface area contributed by atoms with E-state index in [4.69, 9.17) is 0 Å². The van der Waals surface area contributed by atoms with E-state index in [0.717, 1.165) is 37.5 Å². The lowest BCUT2D eigenvalue weighted by molar-refractivity contribution is 0.0933. The first-order valence-electron chi connectivity index (χ1n) is 8.36. The van der Waals surface area contributed by atoms with E-state index in [-0.39, 0.29) is 5.82 Å². The summed E-state index contributed by atoms with van der Waals surface area (Å²) in [4.78, 5) is 2.59. The van der Waals surface area contributed by atoms with Crippen molar-refractivity contribution in [3.63, 3.8) is 0 Å². The summed E-state index contributed by atoms with van der Waals surface area (Å²) in [6.07, 6.45) is 3.57. The van der Waals surface area contributed by atoms with E-state index in [1.54, 1.807) is 12.1 Å². The molecular weight excluding hydrogens is 263 g/mol. The topological polar surface area (TPSA) is 15.3 Å². The third kappa shape index (κ3) is 3.64. The summed E-state index contributed by atoms with van der Waals surface area (Å²) in [7, 11) is 0. The molecule has 1 aliphatic heterocycles. The Kier molecular flexibility index (Phi) is 4.60. The van der Waals surface area contributed by atoms with Crippen LogP contribution in [0.4, 0.5) is 4.39 Å². The van der Waals surface area contributed by atoms with Crippen LogP contribution in [0.1, 0.15) is 32.3 Å². The normalized spacial score (nSPS) is 27.2. The van der Waals surface area contributed by atoms with Gasteiger partial charge in [-0.1, -0.05) is 32.0 Å². The van der Waals surface area contributed by atoms with Crippen molar-refractivity contribution in [1.82, 2.24) is 10.2 Å². The fourth-order valence-electron chi connectivity index (χ4n) is 3.55. The molecule has 2 atom stereocenters. The number of halogens is 1. The first-order chi connectivity index (χ1) is 10.1. The van der Waals surface area contributed by atoms with E-state index in [2.05, 4.69) is 24.1 Å². The number of piperazine rings is 1. The molecule has 1 saturated heterocycles. The SMILES string of the molecule is CC(C)C1CNC(C2CC2)CN1CCc1ccccc1F. The largest absolute Gasteiger partial charge is 0.311 e. The second-order valence-electron chi connectivity index (χ2n) is 7.00. The van der Waals surface area contributed by atoms with Crippen LogP contribution in [-0.4, -0.2) is 36.6 Å². The fraction of sp³-hybridized carbons (Fsp3) is 0.667. The Bertz CT molecular complexity index is 470. The zero-order valence-corrected chi connectivity index (χ0v) is 13.2. The number of benzene rings is 1. The molecule has 1 saturated carbocycles. The minimum absolute atomic E-state index is 0.0625. The van der Waals surface area contributed by atoms with Gasteiger partial charge in [-0.3, -0.25) is 4.90 Å². The Balaban J connectivity index is 1.63. The van der Waals surface area contributed by atoms with Crippen molar-refractivity contribution in [2.24, 2.45) is 11.8 Å². The maximum absolute atomic E-state index is 13.8. The van der Waals surface area contributed by atoms with Crippen molar-refractivity contribution >= 4 is 0 Å². The lowest BCUT2D eigenvalue weighted by Crippen LogP contribution is -2.59. The Hall–Kier alpha value is -0.930. The van der Waals surface area contributed by atoms with Crippen molar-refractivity contribution in [3.05, 3.63) is 35.6 Å². The molecule has 2 unspecified atom stereocenters. The molecule has 1 aromatic rings. The molecule has 1 aliphatic carbocycles. The van der Waals surface area contributed by atoms with E-state index in [1.165, 1.54) is 12.8 Å². The van der Waals surface area contributed by atoms with Crippen LogP contribution < -0.4 is 5.32 Å². The van der Waals surface area contributed by atoms with Gasteiger partial charge in [-0.15, -0.1) is 0 Å². The van der Waals surface area contributed by atoms with E-state index in [9.17, 15) is 4.39 Å². The molecule has 3 rings (SSSR count). The highest BCUT2D eigenvalue weighted by Crippen LogP contribution is 2.34. The number of nitrogens with one attached hydrogen (secondary N) is 1. The van der Waals surface area contributed by atoms with Crippen molar-refractivity contribution in [3.8, 4) is 0 Å². The molecular formula is C18H27FN2. The van der Waals surface area contributed by atoms with E-state index in [0.29, 0.717) is 18.0 Å². The Morgan fingerprint density at radius 1 is 1.29 bits per heavy atom. The van der Waals surface area contributed by atoms with Crippen LogP contribution >= 0.6 is 0 Å². The van der Waals surface area contributed by atoms with Crippen LogP contribution in [0.25, 0.3) is 0 Å². The van der Waals surface area contributed by atoms with Crippen molar-refractivity contribution < 1.29 is 4.39 Å². The summed E-state index contributed by atoms with van der Waals surface area (Å²) >= 11 is 0. The van der Waals surface area contributed by atoms with Gasteiger partial charge >= 0.3 is 0 Å². The molecule has 1 aromatic carbocycles. The lowest BCUT2D eigenvalue weighted by atomic mass is 9.96. The van der Waals surface area contributed by atoms with Gasteiger partial charge in [0.05, 0.1) is 0 Å². The number of nitrogens with zero attached hydrogens (tertiary/aromatic N) is 1. The number of hydrogen-bond donors (Lipinski definition) is 1. The molecule has 116 valence electrons. The lowest BCUT2D eigenvalue weighted by Gasteiger charge is -2.42. The first kappa shape index (κ1) is 15.0. The predicted molar refractivity (Wildman–Crippen MR) is 84.8 cm³/mol. The average Bonchev–Trinajstić information content (AvgIpc) is 3.30. The summed E-state index contributed by atoms with van der Waals surface area (Å²) in [5.74, 6) is 1.46. The maximum Gasteiger partial charge on any atom is 0.126 e. The van der Waals surface area contributed by atoms with Gasteiger partial charge < -0.3 is 5.32 Å². The predicted octanol–water partition coefficient (Wildman–Crippen LogP) is 3.08. The van der Waals surface area contributed by atoms with Gasteiger partial charge in [0.1, 0.15) is 5.82 Å². The van der Waals surface area contributed by atoms with Gasteiger partial charge in [-0.25, -0.2) is 4.39 Å². The highest BCUT2D eigenvalue weighted by atomic mass is 19.1. The molecule has 2 aliphatic rings. The molecule has 2 fully saturated rings. The van der Waals surface area contributed by atoms with Crippen molar-refractivity contribution in [2.45, 2.75) is 45.2 Å². The first-order valence-corrected chi connectivity index (χ1v) is 8.36. The summed E-state index contributed by atoms with van der Waals surface area (Å²) in [6, 6.07) is 8.42. The second-order valence-corrected chi connectivity index (χ2v) is 7.00. The maximum atomic E-state index is 13.8. The summed E-state index contributed by atoms with van der Waals surface area (Å²) in [5, 5.41) is 3.74. The van der Waals surface area contributed by atoms with Crippen molar-refractivity contribution in [1.29, 1.82) is 0 Å². The molecule has 2 nitrogen and oxygen atoms in total. The Morgan fingerprint density at radius 2 is 2.05 bits per heavy atom. The van der Waals surface area contributed by atoms with Gasteiger partial charge in [0, 0.05) is 31.7 Å². The zero-order chi connectivity index (χ0) is 14.8. The highest BCUT2D eigenvalue weighted by Gasteiger charge is 2.37. The van der Waals surface area contributed by atoms with Crippen molar-refractivity contribution in [2.75, 3.05) is 19.6 Å². The molecule has 1 heterocycles. The second kappa shape index (κ2) is 6.45. The molecule has 1 N–H and O–H groups in total. The van der Waals surface area contributed by atoms with E-state index < -0.39 is 0 Å². The van der Waals surface area contributed by atoms with Gasteiger partial charge in [0.25, 0.3) is 0 Å². The molecule has 0 aromatic heterocycles. The summed E-state index contributed by atoms with van der Waals surface area (Å²) in [6.45, 7) is 7.76. The van der Waals surface area contributed by atoms with Crippen LogP contribution in [0.2, 0.25) is 0 Å².